The van der Waals surface area contributed by atoms with E-state index in [0.29, 0.717) is 17.9 Å². The molecule has 2 aliphatic rings. The first-order chi connectivity index (χ1) is 11.7. The molecule has 0 amide bonds. The number of nitrogens with zero attached hydrogens (tertiary/aromatic N) is 5. The molecule has 7 heteroatoms. The molecule has 3 atom stereocenters. The zero-order valence-electron chi connectivity index (χ0n) is 15.8. The molecule has 1 aromatic rings. The van der Waals surface area contributed by atoms with Crippen LogP contribution in [0.1, 0.15) is 32.7 Å². The van der Waals surface area contributed by atoms with Crippen molar-refractivity contribution in [2.45, 2.75) is 32.7 Å². The summed E-state index contributed by atoms with van der Waals surface area (Å²) in [5.74, 6) is 2.46. The molecule has 142 valence electrons. The monoisotopic (exact) mass is 460 g/mol. The van der Waals surface area contributed by atoms with Crippen molar-refractivity contribution in [3.8, 4) is 0 Å². The van der Waals surface area contributed by atoms with Crippen molar-refractivity contribution in [3.63, 3.8) is 0 Å². The number of hydrogen-bond donors (Lipinski definition) is 1. The summed E-state index contributed by atoms with van der Waals surface area (Å²) in [5, 5.41) is 3.51. The standard InChI is InChI=1S/C18H32N6.HI/c1-4-20-18(21-11-16-6-8-22(3)12-16)23-9-5-15(2)17(13-23)24-10-7-19-14-24;/h7,10,14-17H,4-6,8-9,11-13H2,1-3H3,(H,20,21);1H. The minimum Gasteiger partial charge on any atom is -0.357 e. The van der Waals surface area contributed by atoms with E-state index in [9.17, 15) is 0 Å². The van der Waals surface area contributed by atoms with Gasteiger partial charge in [0.05, 0.1) is 12.4 Å². The summed E-state index contributed by atoms with van der Waals surface area (Å²) in [5.41, 5.74) is 0. The number of imidazole rings is 1. The summed E-state index contributed by atoms with van der Waals surface area (Å²) >= 11 is 0. The second-order valence-electron chi connectivity index (χ2n) is 7.40. The van der Waals surface area contributed by atoms with Crippen molar-refractivity contribution in [1.29, 1.82) is 0 Å². The van der Waals surface area contributed by atoms with Crippen LogP contribution in [0.2, 0.25) is 0 Å². The van der Waals surface area contributed by atoms with Gasteiger partial charge in [-0.05, 0) is 45.2 Å². The first-order valence-electron chi connectivity index (χ1n) is 9.36. The summed E-state index contributed by atoms with van der Waals surface area (Å²) < 4.78 is 2.26. The molecule has 1 N–H and O–H groups in total. The summed E-state index contributed by atoms with van der Waals surface area (Å²) in [4.78, 5) is 14.0. The van der Waals surface area contributed by atoms with E-state index in [1.165, 1.54) is 25.9 Å². The van der Waals surface area contributed by atoms with Gasteiger partial charge in [0.2, 0.25) is 0 Å². The van der Waals surface area contributed by atoms with Gasteiger partial charge in [0.25, 0.3) is 0 Å². The van der Waals surface area contributed by atoms with E-state index >= 15 is 0 Å². The van der Waals surface area contributed by atoms with Crippen molar-refractivity contribution in [1.82, 2.24) is 24.7 Å². The first-order valence-corrected chi connectivity index (χ1v) is 9.36. The lowest BCUT2D eigenvalue weighted by molar-refractivity contribution is 0.189. The highest BCUT2D eigenvalue weighted by Crippen LogP contribution is 2.27. The Morgan fingerprint density at radius 1 is 1.28 bits per heavy atom. The van der Waals surface area contributed by atoms with Crippen LogP contribution >= 0.6 is 24.0 Å². The van der Waals surface area contributed by atoms with E-state index in [2.05, 4.69) is 51.8 Å². The van der Waals surface area contributed by atoms with Gasteiger partial charge in [0.1, 0.15) is 0 Å². The topological polar surface area (TPSA) is 48.7 Å². The Labute approximate surface area is 169 Å². The van der Waals surface area contributed by atoms with Crippen LogP contribution in [0.5, 0.6) is 0 Å². The van der Waals surface area contributed by atoms with Crippen molar-refractivity contribution < 1.29 is 0 Å². The molecule has 2 fully saturated rings. The third kappa shape index (κ3) is 5.32. The lowest BCUT2D eigenvalue weighted by atomic mass is 9.93. The van der Waals surface area contributed by atoms with E-state index < -0.39 is 0 Å². The van der Waals surface area contributed by atoms with Crippen LogP contribution in [-0.4, -0.2) is 71.6 Å². The van der Waals surface area contributed by atoms with Crippen LogP contribution in [0.15, 0.2) is 23.7 Å². The molecule has 0 bridgehead atoms. The fourth-order valence-electron chi connectivity index (χ4n) is 3.91. The van der Waals surface area contributed by atoms with Gasteiger partial charge in [-0.15, -0.1) is 24.0 Å². The van der Waals surface area contributed by atoms with Gasteiger partial charge in [-0.1, -0.05) is 6.92 Å². The third-order valence-electron chi connectivity index (χ3n) is 5.45. The molecular formula is C18H33IN6. The maximum absolute atomic E-state index is 4.97. The number of halogens is 1. The van der Waals surface area contributed by atoms with E-state index in [-0.39, 0.29) is 24.0 Å². The normalized spacial score (nSPS) is 28.0. The van der Waals surface area contributed by atoms with E-state index in [4.69, 9.17) is 4.99 Å². The Morgan fingerprint density at radius 2 is 2.12 bits per heavy atom. The Hall–Kier alpha value is -0.830. The molecule has 0 saturated carbocycles. The van der Waals surface area contributed by atoms with Crippen LogP contribution in [0.3, 0.4) is 0 Å². The number of aliphatic imine (C=N–C) groups is 1. The second-order valence-corrected chi connectivity index (χ2v) is 7.40. The average Bonchev–Trinajstić information content (AvgIpc) is 3.24. The van der Waals surface area contributed by atoms with E-state index in [1.54, 1.807) is 0 Å². The summed E-state index contributed by atoms with van der Waals surface area (Å²) in [6, 6.07) is 0.475. The molecular weight excluding hydrogens is 427 g/mol. The molecule has 2 saturated heterocycles. The maximum Gasteiger partial charge on any atom is 0.193 e. The van der Waals surface area contributed by atoms with Gasteiger partial charge >= 0.3 is 0 Å². The highest BCUT2D eigenvalue weighted by molar-refractivity contribution is 14.0. The first kappa shape index (κ1) is 20.5. The lowest BCUT2D eigenvalue weighted by Crippen LogP contribution is -2.49. The molecule has 1 aromatic heterocycles. The quantitative estimate of drug-likeness (QED) is 0.426. The minimum absolute atomic E-state index is 0. The predicted octanol–water partition coefficient (Wildman–Crippen LogP) is 2.30. The van der Waals surface area contributed by atoms with Gasteiger partial charge in [0.15, 0.2) is 5.96 Å². The summed E-state index contributed by atoms with van der Waals surface area (Å²) in [6.07, 6.45) is 8.38. The Balaban J connectivity index is 0.00000225. The zero-order chi connectivity index (χ0) is 16.9. The third-order valence-corrected chi connectivity index (χ3v) is 5.45. The highest BCUT2D eigenvalue weighted by Gasteiger charge is 2.29. The van der Waals surface area contributed by atoms with Crippen molar-refractivity contribution in [3.05, 3.63) is 18.7 Å². The number of guanidine groups is 1. The fraction of sp³-hybridized carbons (Fsp3) is 0.778. The minimum atomic E-state index is 0. The van der Waals surface area contributed by atoms with Gasteiger partial charge in [0, 0.05) is 45.1 Å². The molecule has 0 aliphatic carbocycles. The molecule has 3 unspecified atom stereocenters. The number of piperidine rings is 1. The Kier molecular flexibility index (Phi) is 7.99. The molecule has 25 heavy (non-hydrogen) atoms. The molecule has 3 heterocycles. The molecule has 0 spiro atoms. The summed E-state index contributed by atoms with van der Waals surface area (Å²) in [6.45, 7) is 10.8. The smallest absolute Gasteiger partial charge is 0.193 e. The number of aromatic nitrogens is 2. The van der Waals surface area contributed by atoms with E-state index in [0.717, 1.165) is 32.1 Å². The Morgan fingerprint density at radius 3 is 2.76 bits per heavy atom. The van der Waals surface area contributed by atoms with Crippen LogP contribution < -0.4 is 5.32 Å². The molecule has 3 rings (SSSR count). The maximum atomic E-state index is 4.97. The zero-order valence-corrected chi connectivity index (χ0v) is 18.1. The van der Waals surface area contributed by atoms with Gasteiger partial charge in [-0.3, -0.25) is 4.99 Å². The Bertz CT molecular complexity index is 532. The largest absolute Gasteiger partial charge is 0.357 e. The average molecular weight is 460 g/mol. The molecule has 2 aliphatic heterocycles. The number of nitrogens with one attached hydrogen (secondary N) is 1. The van der Waals surface area contributed by atoms with Crippen LogP contribution in [0.25, 0.3) is 0 Å². The van der Waals surface area contributed by atoms with Crippen molar-refractivity contribution in [2.24, 2.45) is 16.8 Å². The highest BCUT2D eigenvalue weighted by atomic mass is 127. The predicted molar refractivity (Wildman–Crippen MR) is 114 cm³/mol. The molecule has 6 nitrogen and oxygen atoms in total. The molecule has 0 radical (unpaired) electrons. The summed E-state index contributed by atoms with van der Waals surface area (Å²) in [7, 11) is 2.21. The SMILES string of the molecule is CCNC(=NCC1CCN(C)C1)N1CCC(C)C(n2ccnc2)C1.I. The molecule has 0 aromatic carbocycles. The van der Waals surface area contributed by atoms with Gasteiger partial charge < -0.3 is 19.7 Å². The van der Waals surface area contributed by atoms with Gasteiger partial charge in [-0.2, -0.15) is 0 Å². The van der Waals surface area contributed by atoms with E-state index in [1.807, 2.05) is 12.5 Å². The lowest BCUT2D eigenvalue weighted by Gasteiger charge is -2.39. The number of hydrogen-bond acceptors (Lipinski definition) is 3. The van der Waals surface area contributed by atoms with Gasteiger partial charge in [-0.25, -0.2) is 4.98 Å². The van der Waals surface area contributed by atoms with Crippen LogP contribution in [-0.2, 0) is 0 Å². The number of likely N-dealkylation sites (tertiary alicyclic amines) is 2. The second kappa shape index (κ2) is 9.75. The van der Waals surface area contributed by atoms with Crippen LogP contribution in [0, 0.1) is 11.8 Å². The van der Waals surface area contributed by atoms with Crippen molar-refractivity contribution >= 4 is 29.9 Å². The van der Waals surface area contributed by atoms with Crippen LogP contribution in [0.4, 0.5) is 0 Å². The van der Waals surface area contributed by atoms with Crippen molar-refractivity contribution in [2.75, 3.05) is 46.3 Å². The fourth-order valence-corrected chi connectivity index (χ4v) is 3.91. The number of rotatable bonds is 4.